The van der Waals surface area contributed by atoms with E-state index in [1.807, 2.05) is 24.3 Å². The quantitative estimate of drug-likeness (QED) is 0.809. The van der Waals surface area contributed by atoms with Gasteiger partial charge in [-0.2, -0.15) is 4.31 Å². The Bertz CT molecular complexity index is 832. The Morgan fingerprint density at radius 1 is 0.962 bits per heavy atom. The smallest absolute Gasteiger partial charge is 0.243 e. The van der Waals surface area contributed by atoms with Gasteiger partial charge in [0.25, 0.3) is 0 Å². The fourth-order valence-electron chi connectivity index (χ4n) is 3.32. The molecule has 1 fully saturated rings. The molecule has 1 aliphatic rings. The molecule has 0 bridgehead atoms. The van der Waals surface area contributed by atoms with Crippen LogP contribution in [0.1, 0.15) is 5.56 Å². The second-order valence-corrected chi connectivity index (χ2v) is 8.23. The molecule has 0 saturated carbocycles. The van der Waals surface area contributed by atoms with Crippen LogP contribution in [0.4, 0.5) is 0 Å². The molecule has 140 valence electrons. The van der Waals surface area contributed by atoms with Crippen molar-refractivity contribution < 1.29 is 22.8 Å². The summed E-state index contributed by atoms with van der Waals surface area (Å²) in [7, 11) is -0.140. The highest BCUT2D eigenvalue weighted by Gasteiger charge is 2.30. The predicted octanol–water partition coefficient (Wildman–Crippen LogP) is 0.793. The van der Waals surface area contributed by atoms with E-state index in [1.54, 1.807) is 42.8 Å². The van der Waals surface area contributed by atoms with Gasteiger partial charge in [0, 0.05) is 0 Å². The second-order valence-electron chi connectivity index (χ2n) is 6.30. The Morgan fingerprint density at radius 3 is 2.27 bits per heavy atom. The van der Waals surface area contributed by atoms with Gasteiger partial charge < -0.3 is 14.4 Å². The largest absolute Gasteiger partial charge is 0.493 e. The molecule has 6 nitrogen and oxygen atoms in total. The van der Waals surface area contributed by atoms with Crippen molar-refractivity contribution in [2.24, 2.45) is 0 Å². The lowest BCUT2D eigenvalue weighted by molar-refractivity contribution is -0.917. The highest BCUT2D eigenvalue weighted by Crippen LogP contribution is 2.30. The minimum Gasteiger partial charge on any atom is -0.493 e. The molecule has 0 atom stereocenters. The van der Waals surface area contributed by atoms with Crippen molar-refractivity contribution in [3.63, 3.8) is 0 Å². The standard InChI is InChI=1S/C19H24N2O4S/c1-24-18-10-6-7-16(19(18)25-2)15-20-11-13-21(14-12-20)26(22,23)17-8-4-3-5-9-17/h3-10H,11-15H2,1-2H3/p+1. The summed E-state index contributed by atoms with van der Waals surface area (Å²) >= 11 is 0. The Hall–Kier alpha value is -2.09. The molecule has 0 aliphatic carbocycles. The summed E-state index contributed by atoms with van der Waals surface area (Å²) in [5.41, 5.74) is 1.07. The van der Waals surface area contributed by atoms with Crippen molar-refractivity contribution in [2.45, 2.75) is 11.4 Å². The summed E-state index contributed by atoms with van der Waals surface area (Å²) in [6.45, 7) is 3.32. The van der Waals surface area contributed by atoms with Crippen molar-refractivity contribution >= 4 is 10.0 Å². The Morgan fingerprint density at radius 2 is 1.65 bits per heavy atom. The SMILES string of the molecule is COc1cccc(C[NH+]2CCN(S(=O)(=O)c3ccccc3)CC2)c1OC. The van der Waals surface area contributed by atoms with Crippen LogP contribution in [0, 0.1) is 0 Å². The third-order valence-corrected chi connectivity index (χ3v) is 6.65. The van der Waals surface area contributed by atoms with Gasteiger partial charge in [0.05, 0.1) is 50.9 Å². The molecule has 0 unspecified atom stereocenters. The molecule has 0 aromatic heterocycles. The van der Waals surface area contributed by atoms with Gasteiger partial charge in [-0.05, 0) is 24.3 Å². The maximum Gasteiger partial charge on any atom is 0.243 e. The van der Waals surface area contributed by atoms with Gasteiger partial charge >= 0.3 is 0 Å². The minimum atomic E-state index is -3.41. The fraction of sp³-hybridized carbons (Fsp3) is 0.368. The van der Waals surface area contributed by atoms with Crippen LogP contribution in [0.25, 0.3) is 0 Å². The lowest BCUT2D eigenvalue weighted by Crippen LogP contribution is -3.13. The molecule has 1 N–H and O–H groups in total. The van der Waals surface area contributed by atoms with Gasteiger partial charge in [-0.1, -0.05) is 24.3 Å². The Balaban J connectivity index is 1.66. The number of piperazine rings is 1. The average Bonchev–Trinajstić information content (AvgIpc) is 2.69. The first-order valence-corrected chi connectivity index (χ1v) is 10.1. The number of hydrogen-bond donors (Lipinski definition) is 1. The zero-order valence-corrected chi connectivity index (χ0v) is 16.0. The van der Waals surface area contributed by atoms with E-state index in [9.17, 15) is 8.42 Å². The van der Waals surface area contributed by atoms with Gasteiger partial charge in [0.1, 0.15) is 6.54 Å². The normalized spacial score (nSPS) is 16.4. The van der Waals surface area contributed by atoms with E-state index in [2.05, 4.69) is 0 Å². The second kappa shape index (κ2) is 8.07. The van der Waals surface area contributed by atoms with E-state index < -0.39 is 10.0 Å². The van der Waals surface area contributed by atoms with E-state index in [0.717, 1.165) is 36.7 Å². The third-order valence-electron chi connectivity index (χ3n) is 4.74. The van der Waals surface area contributed by atoms with Gasteiger partial charge in [-0.15, -0.1) is 0 Å². The summed E-state index contributed by atoms with van der Waals surface area (Å²) in [5, 5.41) is 0. The molecule has 0 spiro atoms. The first kappa shape index (κ1) is 18.7. The van der Waals surface area contributed by atoms with Crippen LogP contribution in [0.3, 0.4) is 0 Å². The fourth-order valence-corrected chi connectivity index (χ4v) is 4.79. The van der Waals surface area contributed by atoms with E-state index >= 15 is 0 Å². The third kappa shape index (κ3) is 3.85. The molecule has 1 saturated heterocycles. The molecule has 3 rings (SSSR count). The molecule has 7 heteroatoms. The molecule has 0 radical (unpaired) electrons. The lowest BCUT2D eigenvalue weighted by atomic mass is 10.1. The first-order valence-electron chi connectivity index (χ1n) is 8.65. The van der Waals surface area contributed by atoms with Crippen LogP contribution in [-0.2, 0) is 16.6 Å². The highest BCUT2D eigenvalue weighted by atomic mass is 32.2. The molecule has 0 amide bonds. The summed E-state index contributed by atoms with van der Waals surface area (Å²) < 4.78 is 37.9. The van der Waals surface area contributed by atoms with E-state index in [1.165, 1.54) is 4.90 Å². The number of hydrogen-bond acceptors (Lipinski definition) is 4. The Kier molecular flexibility index (Phi) is 5.80. The molecule has 2 aromatic rings. The van der Waals surface area contributed by atoms with Crippen LogP contribution in [-0.4, -0.2) is 53.1 Å². The molecule has 26 heavy (non-hydrogen) atoms. The monoisotopic (exact) mass is 377 g/mol. The minimum absolute atomic E-state index is 0.359. The zero-order valence-electron chi connectivity index (χ0n) is 15.1. The summed E-state index contributed by atoms with van der Waals surface area (Å²) in [4.78, 5) is 1.69. The van der Waals surface area contributed by atoms with Crippen LogP contribution >= 0.6 is 0 Å². The summed E-state index contributed by atoms with van der Waals surface area (Å²) in [6, 6.07) is 14.5. The van der Waals surface area contributed by atoms with Gasteiger partial charge in [0.15, 0.2) is 11.5 Å². The maximum atomic E-state index is 12.7. The number of rotatable bonds is 6. The van der Waals surface area contributed by atoms with Crippen molar-refractivity contribution in [3.8, 4) is 11.5 Å². The van der Waals surface area contributed by atoms with Crippen LogP contribution < -0.4 is 14.4 Å². The van der Waals surface area contributed by atoms with Crippen molar-refractivity contribution in [1.29, 1.82) is 0 Å². The number of benzene rings is 2. The number of sulfonamides is 1. The number of methoxy groups -OCH3 is 2. The van der Waals surface area contributed by atoms with Crippen molar-refractivity contribution in [2.75, 3.05) is 40.4 Å². The average molecular weight is 377 g/mol. The molecule has 1 heterocycles. The molecule has 1 aliphatic heterocycles. The van der Waals surface area contributed by atoms with Gasteiger partial charge in [-0.3, -0.25) is 0 Å². The number of nitrogens with one attached hydrogen (secondary N) is 1. The first-order chi connectivity index (χ1) is 12.6. The van der Waals surface area contributed by atoms with Crippen molar-refractivity contribution in [3.05, 3.63) is 54.1 Å². The molecular weight excluding hydrogens is 352 g/mol. The number of para-hydroxylation sites is 1. The molecule has 2 aromatic carbocycles. The van der Waals surface area contributed by atoms with Crippen LogP contribution in [0.15, 0.2) is 53.4 Å². The lowest BCUT2D eigenvalue weighted by Gasteiger charge is -2.31. The van der Waals surface area contributed by atoms with E-state index in [-0.39, 0.29) is 0 Å². The maximum absolute atomic E-state index is 12.7. The van der Waals surface area contributed by atoms with Crippen molar-refractivity contribution in [1.82, 2.24) is 4.31 Å². The van der Waals surface area contributed by atoms with E-state index in [0.29, 0.717) is 18.0 Å². The summed E-state index contributed by atoms with van der Waals surface area (Å²) in [5.74, 6) is 1.47. The van der Waals surface area contributed by atoms with E-state index in [4.69, 9.17) is 9.47 Å². The van der Waals surface area contributed by atoms with Gasteiger partial charge in [-0.25, -0.2) is 8.42 Å². The van der Waals surface area contributed by atoms with Gasteiger partial charge in [0.2, 0.25) is 10.0 Å². The number of quaternary nitrogens is 1. The number of ether oxygens (including phenoxy) is 2. The predicted molar refractivity (Wildman–Crippen MR) is 99.1 cm³/mol. The topological polar surface area (TPSA) is 60.3 Å². The number of nitrogens with zero attached hydrogens (tertiary/aromatic N) is 1. The molecular formula is C19H25N2O4S+. The summed E-state index contributed by atoms with van der Waals surface area (Å²) in [6.07, 6.45) is 0. The zero-order chi connectivity index (χ0) is 18.6. The van der Waals surface area contributed by atoms with Crippen LogP contribution in [0.2, 0.25) is 0 Å². The Labute approximate surface area is 155 Å². The highest BCUT2D eigenvalue weighted by molar-refractivity contribution is 7.89. The van der Waals surface area contributed by atoms with Crippen LogP contribution in [0.5, 0.6) is 11.5 Å².